The zero-order valence-electron chi connectivity index (χ0n) is 22.9. The third-order valence-electron chi connectivity index (χ3n) is 6.10. The molecule has 0 saturated carbocycles. The molecule has 214 valence electrons. The van der Waals surface area contributed by atoms with E-state index in [9.17, 15) is 22.4 Å². The lowest BCUT2D eigenvalue weighted by Crippen LogP contribution is -2.55. The summed E-state index contributed by atoms with van der Waals surface area (Å²) in [5.74, 6) is -1.52. The average molecular weight is 589 g/mol. The van der Waals surface area contributed by atoms with Gasteiger partial charge in [0.2, 0.25) is 11.8 Å². The maximum absolute atomic E-state index is 14.1. The fourth-order valence-corrected chi connectivity index (χ4v) is 5.23. The average Bonchev–Trinajstić information content (AvgIpc) is 2.90. The molecular weight excluding hydrogens is 555 g/mol. The molecule has 3 rings (SSSR count). The number of amides is 2. The first-order chi connectivity index (χ1) is 18.9. The number of hydrogen-bond acceptors (Lipinski definition) is 4. The van der Waals surface area contributed by atoms with Crippen LogP contribution < -0.4 is 9.62 Å². The van der Waals surface area contributed by atoms with Crippen LogP contribution in [0.1, 0.15) is 25.0 Å². The van der Waals surface area contributed by atoms with Crippen LogP contribution in [0.4, 0.5) is 10.1 Å². The summed E-state index contributed by atoms with van der Waals surface area (Å²) in [6, 6.07) is 19.8. The van der Waals surface area contributed by atoms with Crippen molar-refractivity contribution in [3.05, 3.63) is 101 Å². The number of halogens is 2. The topological polar surface area (TPSA) is 90.0 Å². The second-order valence-corrected chi connectivity index (χ2v) is 12.3. The lowest BCUT2D eigenvalue weighted by Gasteiger charge is -2.34. The summed E-state index contributed by atoms with van der Waals surface area (Å²) >= 11 is 6.07. The second kappa shape index (κ2) is 13.7. The van der Waals surface area contributed by atoms with E-state index in [2.05, 4.69) is 5.32 Å². The van der Waals surface area contributed by atoms with Gasteiger partial charge in [0.1, 0.15) is 18.4 Å². The number of nitrogens with one attached hydrogen (secondary N) is 1. The summed E-state index contributed by atoms with van der Waals surface area (Å²) < 4.78 is 42.2. The van der Waals surface area contributed by atoms with Crippen LogP contribution in [-0.4, -0.2) is 62.2 Å². The number of carbonyl (C=O) groups is 2. The minimum atomic E-state index is -4.16. The van der Waals surface area contributed by atoms with Crippen LogP contribution in [-0.2, 0) is 32.8 Å². The maximum atomic E-state index is 14.1. The Morgan fingerprint density at radius 2 is 1.50 bits per heavy atom. The summed E-state index contributed by atoms with van der Waals surface area (Å²) in [6.45, 7) is 3.06. The van der Waals surface area contributed by atoms with Crippen LogP contribution in [0.15, 0.2) is 78.9 Å². The lowest BCUT2D eigenvalue weighted by atomic mass is 10.0. The summed E-state index contributed by atoms with van der Waals surface area (Å²) in [5, 5.41) is 3.41. The van der Waals surface area contributed by atoms with Crippen molar-refractivity contribution in [1.29, 1.82) is 0 Å². The van der Waals surface area contributed by atoms with Crippen molar-refractivity contribution in [3.63, 3.8) is 0 Å². The Morgan fingerprint density at radius 3 is 2.05 bits per heavy atom. The SMILES string of the molecule is CC(C)NC(=O)C(Cc1ccccc1)N(Cc1ccc(Cl)cc1)C(=O)CN(c1ccc(F)cc1)S(=O)(=O)N(C)C. The first-order valence-corrected chi connectivity index (χ1v) is 14.5. The fraction of sp³-hybridized carbons (Fsp3) is 0.310. The predicted octanol–water partition coefficient (Wildman–Crippen LogP) is 4.26. The maximum Gasteiger partial charge on any atom is 0.304 e. The van der Waals surface area contributed by atoms with Gasteiger partial charge in [-0.25, -0.2) is 8.70 Å². The number of hydrogen-bond donors (Lipinski definition) is 1. The van der Waals surface area contributed by atoms with Crippen LogP contribution in [0.25, 0.3) is 0 Å². The van der Waals surface area contributed by atoms with Crippen molar-refractivity contribution < 1.29 is 22.4 Å². The van der Waals surface area contributed by atoms with Crippen LogP contribution in [0.5, 0.6) is 0 Å². The minimum absolute atomic E-state index is 0.0261. The molecule has 0 aliphatic heterocycles. The molecule has 0 fully saturated rings. The molecule has 1 unspecified atom stereocenters. The van der Waals surface area contributed by atoms with Crippen molar-refractivity contribution >= 4 is 39.3 Å². The smallest absolute Gasteiger partial charge is 0.304 e. The summed E-state index contributed by atoms with van der Waals surface area (Å²) in [4.78, 5) is 29.0. The van der Waals surface area contributed by atoms with Gasteiger partial charge in [0.15, 0.2) is 0 Å². The van der Waals surface area contributed by atoms with Crippen molar-refractivity contribution in [3.8, 4) is 0 Å². The van der Waals surface area contributed by atoms with Crippen LogP contribution in [0.3, 0.4) is 0 Å². The molecule has 0 saturated heterocycles. The molecule has 2 amide bonds. The van der Waals surface area contributed by atoms with E-state index in [0.29, 0.717) is 10.6 Å². The number of nitrogens with zero attached hydrogens (tertiary/aromatic N) is 3. The summed E-state index contributed by atoms with van der Waals surface area (Å²) in [6.07, 6.45) is 0.204. The zero-order chi connectivity index (χ0) is 29.4. The molecule has 3 aromatic carbocycles. The Kier molecular flexibility index (Phi) is 10.7. The number of carbonyl (C=O) groups excluding carboxylic acids is 2. The number of benzene rings is 3. The van der Waals surface area contributed by atoms with E-state index in [1.165, 1.54) is 31.1 Å². The quantitative estimate of drug-likeness (QED) is 0.342. The first-order valence-electron chi connectivity index (χ1n) is 12.7. The minimum Gasteiger partial charge on any atom is -0.352 e. The fourth-order valence-electron chi connectivity index (χ4n) is 4.05. The van der Waals surface area contributed by atoms with E-state index < -0.39 is 34.5 Å². The van der Waals surface area contributed by atoms with E-state index in [1.54, 1.807) is 24.3 Å². The van der Waals surface area contributed by atoms with E-state index >= 15 is 0 Å². The summed E-state index contributed by atoms with van der Waals surface area (Å²) in [5.41, 5.74) is 1.65. The van der Waals surface area contributed by atoms with Gasteiger partial charge >= 0.3 is 10.2 Å². The molecule has 0 aliphatic rings. The standard InChI is InChI=1S/C29H34ClFN4O4S/c1-21(2)32-29(37)27(18-22-8-6-5-7-9-22)34(19-23-10-12-24(30)13-11-23)28(36)20-35(40(38,39)33(3)4)26-16-14-25(31)15-17-26/h5-17,21,27H,18-20H2,1-4H3,(H,32,37). The molecule has 3 aromatic rings. The van der Waals surface area contributed by atoms with Gasteiger partial charge in [0, 0.05) is 38.1 Å². The Bertz CT molecular complexity index is 1390. The van der Waals surface area contributed by atoms with Gasteiger partial charge in [-0.05, 0) is 61.4 Å². The van der Waals surface area contributed by atoms with Gasteiger partial charge in [-0.15, -0.1) is 0 Å². The van der Waals surface area contributed by atoms with Crippen molar-refractivity contribution in [1.82, 2.24) is 14.5 Å². The van der Waals surface area contributed by atoms with Crippen LogP contribution >= 0.6 is 11.6 Å². The largest absolute Gasteiger partial charge is 0.352 e. The van der Waals surface area contributed by atoms with Gasteiger partial charge in [-0.1, -0.05) is 54.1 Å². The monoisotopic (exact) mass is 588 g/mol. The molecule has 8 nitrogen and oxygen atoms in total. The first kappa shape index (κ1) is 31.1. The van der Waals surface area contributed by atoms with Crippen LogP contribution in [0.2, 0.25) is 5.02 Å². The molecule has 0 bridgehead atoms. The Hall–Kier alpha value is -3.47. The highest BCUT2D eigenvalue weighted by Crippen LogP contribution is 2.22. The summed E-state index contributed by atoms with van der Waals surface area (Å²) in [7, 11) is -1.47. The Morgan fingerprint density at radius 1 is 0.900 bits per heavy atom. The van der Waals surface area contributed by atoms with Gasteiger partial charge in [0.05, 0.1) is 5.69 Å². The highest BCUT2D eigenvalue weighted by molar-refractivity contribution is 7.90. The molecule has 1 N–H and O–H groups in total. The van der Waals surface area contributed by atoms with Crippen molar-refractivity contribution in [2.24, 2.45) is 0 Å². The van der Waals surface area contributed by atoms with E-state index in [-0.39, 0.29) is 30.6 Å². The molecule has 0 aromatic heterocycles. The Labute approximate surface area is 240 Å². The third kappa shape index (κ3) is 8.27. The molecule has 40 heavy (non-hydrogen) atoms. The molecule has 0 radical (unpaired) electrons. The molecular formula is C29H34ClFN4O4S. The van der Waals surface area contributed by atoms with Gasteiger partial charge < -0.3 is 10.2 Å². The molecule has 0 heterocycles. The Balaban J connectivity index is 2.08. The normalized spacial score (nSPS) is 12.3. The van der Waals surface area contributed by atoms with E-state index in [4.69, 9.17) is 11.6 Å². The van der Waals surface area contributed by atoms with Gasteiger partial charge in [-0.3, -0.25) is 9.59 Å². The molecule has 1 atom stereocenters. The van der Waals surface area contributed by atoms with E-state index in [0.717, 1.165) is 26.3 Å². The van der Waals surface area contributed by atoms with Crippen molar-refractivity contribution in [2.75, 3.05) is 24.9 Å². The lowest BCUT2D eigenvalue weighted by molar-refractivity contribution is -0.140. The highest BCUT2D eigenvalue weighted by Gasteiger charge is 2.34. The number of rotatable bonds is 12. The van der Waals surface area contributed by atoms with Gasteiger partial charge in [-0.2, -0.15) is 12.7 Å². The molecule has 11 heteroatoms. The highest BCUT2D eigenvalue weighted by atomic mass is 35.5. The number of anilines is 1. The van der Waals surface area contributed by atoms with E-state index in [1.807, 2.05) is 44.2 Å². The van der Waals surface area contributed by atoms with Gasteiger partial charge in [0.25, 0.3) is 0 Å². The predicted molar refractivity (Wildman–Crippen MR) is 156 cm³/mol. The molecule has 0 aliphatic carbocycles. The second-order valence-electron chi connectivity index (χ2n) is 9.79. The molecule has 0 spiro atoms. The zero-order valence-corrected chi connectivity index (χ0v) is 24.5. The third-order valence-corrected chi connectivity index (χ3v) is 8.17. The van der Waals surface area contributed by atoms with Crippen LogP contribution in [0, 0.1) is 5.82 Å². The van der Waals surface area contributed by atoms with Crippen molar-refractivity contribution in [2.45, 2.75) is 38.9 Å².